The van der Waals surface area contributed by atoms with Crippen molar-refractivity contribution in [2.75, 3.05) is 6.61 Å². The molecule has 5 nitrogen and oxygen atoms in total. The molecule has 3 rings (SSSR count). The molecule has 1 aliphatic heterocycles. The molecule has 0 amide bonds. The number of para-hydroxylation sites is 1. The van der Waals surface area contributed by atoms with Crippen LogP contribution >= 0.6 is 0 Å². The van der Waals surface area contributed by atoms with Gasteiger partial charge >= 0.3 is 0 Å². The van der Waals surface area contributed by atoms with E-state index in [-0.39, 0.29) is 5.43 Å². The highest BCUT2D eigenvalue weighted by Crippen LogP contribution is 2.32. The molecule has 106 valence electrons. The molecule has 2 heterocycles. The number of pyridine rings is 1. The lowest BCUT2D eigenvalue weighted by atomic mass is 9.96. The van der Waals surface area contributed by atoms with Gasteiger partial charge in [0, 0.05) is 18.9 Å². The van der Waals surface area contributed by atoms with Crippen LogP contribution in [0.4, 0.5) is 0 Å². The van der Waals surface area contributed by atoms with E-state index >= 15 is 0 Å². The molecular weight excluding hydrogens is 258 g/mol. The predicted octanol–water partition coefficient (Wildman–Crippen LogP) is 0.585. The maximum Gasteiger partial charge on any atom is 0.201 e. The van der Waals surface area contributed by atoms with E-state index in [0.29, 0.717) is 23.3 Å². The molecule has 0 spiro atoms. The number of hydrogen-bond donors (Lipinski definition) is 2. The van der Waals surface area contributed by atoms with Crippen LogP contribution < -0.4 is 10.2 Å². The molecule has 1 aliphatic rings. The minimum Gasteiger partial charge on any atom is -0.472 e. The number of aryl methyl sites for hydroxylation is 1. The number of aliphatic hydroxyl groups excluding tert-OH is 1. The molecule has 2 aromatic rings. The van der Waals surface area contributed by atoms with E-state index in [1.54, 1.807) is 6.07 Å². The normalized spacial score (nSPS) is 20.5. The third kappa shape index (κ3) is 1.74. The third-order valence-electron chi connectivity index (χ3n) is 4.00. The smallest absolute Gasteiger partial charge is 0.201 e. The van der Waals surface area contributed by atoms with Crippen LogP contribution in [0.25, 0.3) is 10.9 Å². The summed E-state index contributed by atoms with van der Waals surface area (Å²) in [5, 5.41) is 20.0. The molecule has 5 heteroatoms. The second-order valence-electron chi connectivity index (χ2n) is 5.51. The zero-order valence-electron chi connectivity index (χ0n) is 11.5. The molecular formula is C15H17NO4. The summed E-state index contributed by atoms with van der Waals surface area (Å²) in [6.45, 7) is 1.09. The standard InChI is InChI=1S/C15H17NO4/c1-15(19,8-17)12-7-10-13(18)9-5-3-4-6-11(9)16(2)14(10)20-12/h3-6,12,17,19H,7-8H2,1-2H3/t12-,15?/m0/s1. The average molecular weight is 275 g/mol. The number of benzene rings is 1. The summed E-state index contributed by atoms with van der Waals surface area (Å²) in [4.78, 5) is 12.5. The van der Waals surface area contributed by atoms with Gasteiger partial charge in [-0.25, -0.2) is 0 Å². The Morgan fingerprint density at radius 2 is 2.15 bits per heavy atom. The number of fused-ring (bicyclic) bond motifs is 2. The third-order valence-corrected chi connectivity index (χ3v) is 4.00. The first-order valence-corrected chi connectivity index (χ1v) is 6.56. The summed E-state index contributed by atoms with van der Waals surface area (Å²) in [6, 6.07) is 7.34. The fourth-order valence-corrected chi connectivity index (χ4v) is 2.67. The van der Waals surface area contributed by atoms with Gasteiger partial charge < -0.3 is 19.5 Å². The van der Waals surface area contributed by atoms with E-state index in [9.17, 15) is 15.0 Å². The SMILES string of the molecule is Cn1c2c(c(=O)c3ccccc31)C[C@@H](C(C)(O)CO)O2. The molecule has 2 atom stereocenters. The van der Waals surface area contributed by atoms with E-state index in [1.807, 2.05) is 29.8 Å². The Balaban J connectivity index is 2.20. The summed E-state index contributed by atoms with van der Waals surface area (Å²) in [5.74, 6) is 0.479. The van der Waals surface area contributed by atoms with E-state index in [2.05, 4.69) is 0 Å². The van der Waals surface area contributed by atoms with Gasteiger partial charge in [0.05, 0.1) is 17.7 Å². The van der Waals surface area contributed by atoms with E-state index in [1.165, 1.54) is 6.92 Å². The van der Waals surface area contributed by atoms with Crippen molar-refractivity contribution < 1.29 is 14.9 Å². The molecule has 0 saturated carbocycles. The Labute approximate surface area is 116 Å². The first kappa shape index (κ1) is 13.1. The Hall–Kier alpha value is -1.85. The molecule has 1 aromatic heterocycles. The molecule has 1 aromatic carbocycles. The van der Waals surface area contributed by atoms with Crippen molar-refractivity contribution in [3.8, 4) is 5.88 Å². The number of nitrogens with zero attached hydrogens (tertiary/aromatic N) is 1. The molecule has 1 unspecified atom stereocenters. The topological polar surface area (TPSA) is 71.7 Å². The number of hydrogen-bond acceptors (Lipinski definition) is 4. The van der Waals surface area contributed by atoms with Crippen molar-refractivity contribution in [1.29, 1.82) is 0 Å². The minimum absolute atomic E-state index is 0.0649. The van der Waals surface area contributed by atoms with Crippen LogP contribution in [0.3, 0.4) is 0 Å². The van der Waals surface area contributed by atoms with Gasteiger partial charge in [0.15, 0.2) is 5.43 Å². The lowest BCUT2D eigenvalue weighted by Gasteiger charge is -2.27. The van der Waals surface area contributed by atoms with Crippen molar-refractivity contribution in [1.82, 2.24) is 4.57 Å². The molecule has 0 aliphatic carbocycles. The largest absolute Gasteiger partial charge is 0.472 e. The van der Waals surface area contributed by atoms with Crippen LogP contribution in [0.5, 0.6) is 5.88 Å². The quantitative estimate of drug-likeness (QED) is 0.841. The van der Waals surface area contributed by atoms with Gasteiger partial charge in [-0.3, -0.25) is 4.79 Å². The Morgan fingerprint density at radius 1 is 1.45 bits per heavy atom. The van der Waals surface area contributed by atoms with Gasteiger partial charge in [-0.1, -0.05) is 12.1 Å². The number of ether oxygens (including phenoxy) is 1. The van der Waals surface area contributed by atoms with E-state index in [0.717, 1.165) is 5.52 Å². The molecule has 2 N–H and O–H groups in total. The van der Waals surface area contributed by atoms with Crippen LogP contribution in [0.1, 0.15) is 12.5 Å². The first-order chi connectivity index (χ1) is 9.45. The predicted molar refractivity (Wildman–Crippen MR) is 75.0 cm³/mol. The van der Waals surface area contributed by atoms with Gasteiger partial charge in [0.2, 0.25) is 5.88 Å². The monoisotopic (exact) mass is 275 g/mol. The van der Waals surface area contributed by atoms with Gasteiger partial charge in [0.1, 0.15) is 11.7 Å². The first-order valence-electron chi connectivity index (χ1n) is 6.56. The molecule has 0 fully saturated rings. The van der Waals surface area contributed by atoms with E-state index in [4.69, 9.17) is 4.74 Å². The van der Waals surface area contributed by atoms with Crippen molar-refractivity contribution in [2.45, 2.75) is 25.0 Å². The summed E-state index contributed by atoms with van der Waals surface area (Å²) < 4.78 is 7.55. The van der Waals surface area contributed by atoms with Gasteiger partial charge in [-0.2, -0.15) is 0 Å². The highest BCUT2D eigenvalue weighted by Gasteiger charge is 2.40. The lowest BCUT2D eigenvalue weighted by molar-refractivity contribution is -0.0744. The molecule has 0 radical (unpaired) electrons. The fourth-order valence-electron chi connectivity index (χ4n) is 2.67. The Kier molecular flexibility index (Phi) is 2.84. The van der Waals surface area contributed by atoms with Gasteiger partial charge in [-0.05, 0) is 19.1 Å². The number of aromatic nitrogens is 1. The second kappa shape index (κ2) is 4.33. The second-order valence-corrected chi connectivity index (χ2v) is 5.51. The van der Waals surface area contributed by atoms with Crippen LogP contribution in [-0.4, -0.2) is 33.1 Å². The maximum atomic E-state index is 12.5. The molecule has 0 saturated heterocycles. The number of rotatable bonds is 2. The fraction of sp³-hybridized carbons (Fsp3) is 0.400. The van der Waals surface area contributed by atoms with Crippen LogP contribution in [0.2, 0.25) is 0 Å². The zero-order chi connectivity index (χ0) is 14.5. The minimum atomic E-state index is -1.37. The summed E-state index contributed by atoms with van der Waals surface area (Å²) in [6.07, 6.45) is -0.307. The van der Waals surface area contributed by atoms with Gasteiger partial charge in [0.25, 0.3) is 0 Å². The average Bonchev–Trinajstić information content (AvgIpc) is 2.91. The zero-order valence-corrected chi connectivity index (χ0v) is 11.5. The van der Waals surface area contributed by atoms with Crippen molar-refractivity contribution in [3.63, 3.8) is 0 Å². The van der Waals surface area contributed by atoms with Gasteiger partial charge in [-0.15, -0.1) is 0 Å². The maximum absolute atomic E-state index is 12.5. The van der Waals surface area contributed by atoms with E-state index < -0.39 is 18.3 Å². The van der Waals surface area contributed by atoms with Crippen LogP contribution in [0, 0.1) is 0 Å². The van der Waals surface area contributed by atoms with Crippen molar-refractivity contribution in [2.24, 2.45) is 7.05 Å². The van der Waals surface area contributed by atoms with Crippen molar-refractivity contribution in [3.05, 3.63) is 40.1 Å². The number of aliphatic hydroxyl groups is 2. The van der Waals surface area contributed by atoms with Crippen LogP contribution in [-0.2, 0) is 13.5 Å². The Bertz CT molecular complexity index is 732. The van der Waals surface area contributed by atoms with Crippen LogP contribution in [0.15, 0.2) is 29.1 Å². The summed E-state index contributed by atoms with van der Waals surface area (Å²) in [5.41, 5.74) is -0.0830. The lowest BCUT2D eigenvalue weighted by Crippen LogP contribution is -2.45. The van der Waals surface area contributed by atoms with Crippen molar-refractivity contribution >= 4 is 10.9 Å². The highest BCUT2D eigenvalue weighted by atomic mass is 16.5. The summed E-state index contributed by atoms with van der Waals surface area (Å²) in [7, 11) is 1.83. The molecule has 20 heavy (non-hydrogen) atoms. The summed E-state index contributed by atoms with van der Waals surface area (Å²) >= 11 is 0. The molecule has 0 bridgehead atoms. The highest BCUT2D eigenvalue weighted by molar-refractivity contribution is 5.81. The Morgan fingerprint density at radius 3 is 2.85 bits per heavy atom.